The van der Waals surface area contributed by atoms with Crippen molar-refractivity contribution in [1.82, 2.24) is 10.0 Å². The van der Waals surface area contributed by atoms with Gasteiger partial charge in [-0.3, -0.25) is 4.79 Å². The molecule has 1 saturated heterocycles. The lowest BCUT2D eigenvalue weighted by Crippen LogP contribution is -2.31. The number of sulfonamides is 1. The third-order valence-corrected chi connectivity index (χ3v) is 7.87. The van der Waals surface area contributed by atoms with Crippen molar-refractivity contribution >= 4 is 27.5 Å². The largest absolute Gasteiger partial charge is 0.493 e. The minimum absolute atomic E-state index is 0.0425. The molecule has 0 aromatic heterocycles. The Kier molecular flexibility index (Phi) is 7.95. The number of benzene rings is 2. The summed E-state index contributed by atoms with van der Waals surface area (Å²) in [5.41, 5.74) is -0.480. The summed E-state index contributed by atoms with van der Waals surface area (Å²) in [6.45, 7) is 2.83. The zero-order valence-electron chi connectivity index (χ0n) is 18.7. The average molecular weight is 511 g/mol. The van der Waals surface area contributed by atoms with E-state index in [1.165, 1.54) is 24.3 Å². The Labute approximate surface area is 204 Å². The van der Waals surface area contributed by atoms with Gasteiger partial charge in [0.15, 0.2) is 0 Å². The molecule has 34 heavy (non-hydrogen) atoms. The van der Waals surface area contributed by atoms with E-state index in [-0.39, 0.29) is 15.7 Å². The molecule has 4 rings (SSSR count). The molecule has 2 N–H and O–H groups in total. The second kappa shape index (κ2) is 10.9. The van der Waals surface area contributed by atoms with E-state index in [0.29, 0.717) is 30.8 Å². The summed E-state index contributed by atoms with van der Waals surface area (Å²) in [6.07, 6.45) is 5.45. The van der Waals surface area contributed by atoms with Crippen molar-refractivity contribution in [1.29, 1.82) is 0 Å². The topological polar surface area (TPSA) is 93.7 Å². The van der Waals surface area contributed by atoms with Crippen LogP contribution in [0.3, 0.4) is 0 Å². The first-order valence-electron chi connectivity index (χ1n) is 11.4. The van der Waals surface area contributed by atoms with Crippen LogP contribution in [0.5, 0.6) is 11.5 Å². The second-order valence-corrected chi connectivity index (χ2v) is 10.9. The molecule has 10 heteroatoms. The SMILES string of the molecule is O=C(NS(=O)(=O)c1ccc(OC[C@H]2CCNC2)cc1)c1cc(Cl)c(OCC2CCCC2)cc1F. The minimum atomic E-state index is -4.22. The van der Waals surface area contributed by atoms with Gasteiger partial charge in [-0.2, -0.15) is 0 Å². The molecule has 0 spiro atoms. The molecule has 2 fully saturated rings. The molecule has 0 unspecified atom stereocenters. The van der Waals surface area contributed by atoms with Crippen molar-refractivity contribution in [2.75, 3.05) is 26.3 Å². The second-order valence-electron chi connectivity index (χ2n) is 8.80. The fourth-order valence-corrected chi connectivity index (χ4v) is 5.40. The third kappa shape index (κ3) is 6.20. The van der Waals surface area contributed by atoms with Crippen LogP contribution in [-0.4, -0.2) is 40.6 Å². The zero-order chi connectivity index (χ0) is 24.1. The van der Waals surface area contributed by atoms with Gasteiger partial charge in [0, 0.05) is 18.5 Å². The molecule has 1 saturated carbocycles. The maximum absolute atomic E-state index is 14.6. The molecule has 1 heterocycles. The number of hydrogen-bond acceptors (Lipinski definition) is 6. The van der Waals surface area contributed by atoms with Gasteiger partial charge < -0.3 is 14.8 Å². The van der Waals surface area contributed by atoms with Crippen molar-refractivity contribution in [3.05, 3.63) is 52.8 Å². The van der Waals surface area contributed by atoms with Crippen LogP contribution < -0.4 is 19.5 Å². The molecule has 2 aliphatic rings. The smallest absolute Gasteiger partial charge is 0.268 e. The summed E-state index contributed by atoms with van der Waals surface area (Å²) in [6, 6.07) is 7.82. The highest BCUT2D eigenvalue weighted by Gasteiger charge is 2.24. The van der Waals surface area contributed by atoms with Crippen molar-refractivity contribution in [2.45, 2.75) is 37.0 Å². The molecule has 184 valence electrons. The lowest BCUT2D eigenvalue weighted by atomic mass is 10.1. The van der Waals surface area contributed by atoms with Gasteiger partial charge in [0.2, 0.25) is 0 Å². The van der Waals surface area contributed by atoms with Crippen molar-refractivity contribution in [3.63, 3.8) is 0 Å². The zero-order valence-corrected chi connectivity index (χ0v) is 20.3. The van der Waals surface area contributed by atoms with Gasteiger partial charge in [-0.1, -0.05) is 24.4 Å². The van der Waals surface area contributed by atoms with Crippen LogP contribution in [0, 0.1) is 17.7 Å². The van der Waals surface area contributed by atoms with E-state index in [1.54, 1.807) is 0 Å². The monoisotopic (exact) mass is 510 g/mol. The highest BCUT2D eigenvalue weighted by molar-refractivity contribution is 7.90. The standard InChI is InChI=1S/C24H28ClFN2O5S/c25-21-11-20(22(26)12-23(21)33-14-16-3-1-2-4-16)24(29)28-34(30,31)19-7-5-18(6-8-19)32-15-17-9-10-27-13-17/h5-8,11-12,16-17,27H,1-4,9-10,13-15H2,(H,28,29)/t17-/m0/s1. The number of rotatable bonds is 9. The highest BCUT2D eigenvalue weighted by atomic mass is 35.5. The normalized spacial score (nSPS) is 18.7. The van der Waals surface area contributed by atoms with Crippen LogP contribution in [0.15, 0.2) is 41.3 Å². The summed E-state index contributed by atoms with van der Waals surface area (Å²) in [5, 5.41) is 3.30. The number of halogens is 2. The van der Waals surface area contributed by atoms with Gasteiger partial charge in [-0.15, -0.1) is 0 Å². The Balaban J connectivity index is 1.38. The number of carbonyl (C=O) groups is 1. The van der Waals surface area contributed by atoms with E-state index in [0.717, 1.165) is 57.3 Å². The third-order valence-electron chi connectivity index (χ3n) is 6.22. The van der Waals surface area contributed by atoms with Crippen molar-refractivity contribution < 1.29 is 27.1 Å². The Morgan fingerprint density at radius 3 is 2.44 bits per heavy atom. The number of ether oxygens (including phenoxy) is 2. The summed E-state index contributed by atoms with van der Waals surface area (Å²) in [5.74, 6) is -0.537. The van der Waals surface area contributed by atoms with Gasteiger partial charge in [0.25, 0.3) is 15.9 Å². The highest BCUT2D eigenvalue weighted by Crippen LogP contribution is 2.31. The molecule has 2 aromatic carbocycles. The molecular formula is C24H28ClFN2O5S. The lowest BCUT2D eigenvalue weighted by Gasteiger charge is -2.14. The molecule has 1 aliphatic carbocycles. The van der Waals surface area contributed by atoms with Gasteiger partial charge in [-0.05, 0) is 62.1 Å². The van der Waals surface area contributed by atoms with E-state index < -0.39 is 27.3 Å². The molecule has 1 atom stereocenters. The Bertz CT molecular complexity index is 1110. The van der Waals surface area contributed by atoms with E-state index in [9.17, 15) is 17.6 Å². The van der Waals surface area contributed by atoms with Crippen LogP contribution >= 0.6 is 11.6 Å². The first-order chi connectivity index (χ1) is 16.3. The predicted octanol–water partition coefficient (Wildman–Crippen LogP) is 4.16. The maximum atomic E-state index is 14.6. The molecule has 2 aromatic rings. The van der Waals surface area contributed by atoms with Crippen LogP contribution in [0.2, 0.25) is 5.02 Å². The Morgan fingerprint density at radius 2 is 1.76 bits per heavy atom. The first kappa shape index (κ1) is 24.8. The van der Waals surface area contributed by atoms with Crippen LogP contribution in [-0.2, 0) is 10.0 Å². The van der Waals surface area contributed by atoms with Gasteiger partial charge in [0.05, 0.1) is 28.7 Å². The van der Waals surface area contributed by atoms with E-state index in [1.807, 2.05) is 4.72 Å². The molecule has 1 amide bonds. The number of hydrogen-bond donors (Lipinski definition) is 2. The fourth-order valence-electron chi connectivity index (χ4n) is 4.22. The van der Waals surface area contributed by atoms with Gasteiger partial charge in [0.1, 0.15) is 17.3 Å². The predicted molar refractivity (Wildman–Crippen MR) is 126 cm³/mol. The minimum Gasteiger partial charge on any atom is -0.493 e. The van der Waals surface area contributed by atoms with E-state index in [4.69, 9.17) is 21.1 Å². The van der Waals surface area contributed by atoms with Crippen LogP contribution in [0.4, 0.5) is 4.39 Å². The van der Waals surface area contributed by atoms with Crippen molar-refractivity contribution in [2.24, 2.45) is 11.8 Å². The van der Waals surface area contributed by atoms with Crippen molar-refractivity contribution in [3.8, 4) is 11.5 Å². The fraction of sp³-hybridized carbons (Fsp3) is 0.458. The quantitative estimate of drug-likeness (QED) is 0.526. The summed E-state index contributed by atoms with van der Waals surface area (Å²) >= 11 is 6.17. The molecule has 0 radical (unpaired) electrons. The van der Waals surface area contributed by atoms with Gasteiger partial charge in [-0.25, -0.2) is 17.5 Å². The van der Waals surface area contributed by atoms with Crippen LogP contribution in [0.1, 0.15) is 42.5 Å². The Morgan fingerprint density at radius 1 is 1.06 bits per heavy atom. The molecule has 0 bridgehead atoms. The molecule has 1 aliphatic heterocycles. The van der Waals surface area contributed by atoms with E-state index in [2.05, 4.69) is 5.32 Å². The number of nitrogens with one attached hydrogen (secondary N) is 2. The average Bonchev–Trinajstić information content (AvgIpc) is 3.52. The summed E-state index contributed by atoms with van der Waals surface area (Å²) in [4.78, 5) is 12.4. The first-order valence-corrected chi connectivity index (χ1v) is 13.3. The lowest BCUT2D eigenvalue weighted by molar-refractivity contribution is 0.0977. The van der Waals surface area contributed by atoms with Gasteiger partial charge >= 0.3 is 0 Å². The van der Waals surface area contributed by atoms with E-state index >= 15 is 0 Å². The number of carbonyl (C=O) groups excluding carboxylic acids is 1. The van der Waals surface area contributed by atoms with Crippen LogP contribution in [0.25, 0.3) is 0 Å². The maximum Gasteiger partial charge on any atom is 0.268 e. The number of amides is 1. The molecular weight excluding hydrogens is 483 g/mol. The molecule has 7 nitrogen and oxygen atoms in total. The summed E-state index contributed by atoms with van der Waals surface area (Å²) in [7, 11) is -4.22. The summed E-state index contributed by atoms with van der Waals surface area (Å²) < 4.78 is 53.1. The Hall–Kier alpha value is -2.36.